The number of hydrogen-bond acceptors (Lipinski definition) is 6. The minimum Gasteiger partial charge on any atom is -0.461 e. The van der Waals surface area contributed by atoms with Gasteiger partial charge in [-0.25, -0.2) is 14.5 Å². The fraction of sp³-hybridized carbons (Fsp3) is 0.571. The van der Waals surface area contributed by atoms with Gasteiger partial charge in [-0.05, 0) is 20.3 Å². The second-order valence-corrected chi connectivity index (χ2v) is 5.63. The van der Waals surface area contributed by atoms with Crippen molar-refractivity contribution in [2.24, 2.45) is 0 Å². The highest BCUT2D eigenvalue weighted by Gasteiger charge is 2.20. The van der Waals surface area contributed by atoms with Crippen molar-refractivity contribution < 1.29 is 9.53 Å². The number of aryl methyl sites for hydroxylation is 3. The van der Waals surface area contributed by atoms with E-state index in [-0.39, 0.29) is 5.97 Å². The number of esters is 1. The average Bonchev–Trinajstić information content (AvgIpc) is 3.04. The third-order valence-electron chi connectivity index (χ3n) is 3.19. The lowest BCUT2D eigenvalue weighted by atomic mass is 10.2. The van der Waals surface area contributed by atoms with Gasteiger partial charge in [0.05, 0.1) is 23.5 Å². The van der Waals surface area contributed by atoms with Gasteiger partial charge >= 0.3 is 5.97 Å². The number of carbonyl (C=O) groups excluding carboxylic acids is 1. The van der Waals surface area contributed by atoms with Crippen LogP contribution in [0.5, 0.6) is 0 Å². The van der Waals surface area contributed by atoms with Gasteiger partial charge in [0, 0.05) is 17.8 Å². The maximum atomic E-state index is 11.9. The number of carbonyl (C=O) groups is 1. The Kier molecular flexibility index (Phi) is 5.44. The summed E-state index contributed by atoms with van der Waals surface area (Å²) in [6.07, 6.45) is 2.54. The van der Waals surface area contributed by atoms with Crippen LogP contribution < -0.4 is 0 Å². The first-order valence-corrected chi connectivity index (χ1v) is 8.03. The molecule has 0 aromatic carbocycles. The monoisotopic (exact) mass is 308 g/mol. The van der Waals surface area contributed by atoms with Crippen molar-refractivity contribution in [3.8, 4) is 0 Å². The third-order valence-corrected chi connectivity index (χ3v) is 4.18. The molecule has 0 radical (unpaired) electrons. The molecule has 0 saturated carbocycles. The molecule has 114 valence electrons. The van der Waals surface area contributed by atoms with Crippen LogP contribution in [0.3, 0.4) is 0 Å². The quantitative estimate of drug-likeness (QED) is 0.735. The molecule has 0 bridgehead atoms. The van der Waals surface area contributed by atoms with Crippen LogP contribution in [-0.2, 0) is 24.1 Å². The van der Waals surface area contributed by atoms with E-state index in [1.807, 2.05) is 17.1 Å². The van der Waals surface area contributed by atoms with E-state index >= 15 is 0 Å². The van der Waals surface area contributed by atoms with Gasteiger partial charge in [0.25, 0.3) is 0 Å². The van der Waals surface area contributed by atoms with Crippen LogP contribution in [0.25, 0.3) is 0 Å². The SMILES string of the molecule is CCCc1c(C(=O)OCC)nnn1CCc1scnc1C. The van der Waals surface area contributed by atoms with Gasteiger partial charge < -0.3 is 4.74 Å². The molecule has 0 amide bonds. The Balaban J connectivity index is 2.15. The van der Waals surface area contributed by atoms with E-state index in [2.05, 4.69) is 22.2 Å². The molecule has 0 unspecified atom stereocenters. The minimum absolute atomic E-state index is 0.345. The van der Waals surface area contributed by atoms with Gasteiger partial charge in [0.2, 0.25) is 0 Å². The fourth-order valence-corrected chi connectivity index (χ4v) is 2.90. The van der Waals surface area contributed by atoms with Gasteiger partial charge in [-0.3, -0.25) is 0 Å². The zero-order valence-corrected chi connectivity index (χ0v) is 13.4. The summed E-state index contributed by atoms with van der Waals surface area (Å²) in [7, 11) is 0. The largest absolute Gasteiger partial charge is 0.461 e. The molecule has 0 aliphatic heterocycles. The predicted molar refractivity (Wildman–Crippen MR) is 80.5 cm³/mol. The van der Waals surface area contributed by atoms with E-state index < -0.39 is 0 Å². The summed E-state index contributed by atoms with van der Waals surface area (Å²) in [5.41, 5.74) is 4.11. The van der Waals surface area contributed by atoms with Crippen LogP contribution in [0.2, 0.25) is 0 Å². The number of rotatable bonds is 7. The summed E-state index contributed by atoms with van der Waals surface area (Å²) in [5, 5.41) is 8.12. The van der Waals surface area contributed by atoms with Crippen molar-refractivity contribution in [2.45, 2.75) is 46.6 Å². The second-order valence-electron chi connectivity index (χ2n) is 4.69. The Morgan fingerprint density at radius 3 is 2.81 bits per heavy atom. The highest BCUT2D eigenvalue weighted by molar-refractivity contribution is 7.09. The summed E-state index contributed by atoms with van der Waals surface area (Å²) in [6.45, 7) is 6.90. The van der Waals surface area contributed by atoms with Crippen LogP contribution in [-0.4, -0.2) is 32.6 Å². The van der Waals surface area contributed by atoms with Crippen molar-refractivity contribution in [2.75, 3.05) is 6.61 Å². The van der Waals surface area contributed by atoms with E-state index in [0.29, 0.717) is 18.8 Å². The van der Waals surface area contributed by atoms with Crippen LogP contribution in [0.1, 0.15) is 47.0 Å². The first-order valence-electron chi connectivity index (χ1n) is 7.15. The number of hydrogen-bond donors (Lipinski definition) is 0. The Hall–Kier alpha value is -1.76. The van der Waals surface area contributed by atoms with Gasteiger partial charge in [-0.15, -0.1) is 16.4 Å². The molecule has 0 spiro atoms. The molecule has 0 aliphatic rings. The molecule has 0 N–H and O–H groups in total. The second kappa shape index (κ2) is 7.31. The zero-order valence-electron chi connectivity index (χ0n) is 12.6. The Bertz CT molecular complexity index is 606. The van der Waals surface area contributed by atoms with Crippen molar-refractivity contribution >= 4 is 17.3 Å². The molecule has 2 rings (SSSR count). The predicted octanol–water partition coefficient (Wildman–Crippen LogP) is 2.41. The molecular weight excluding hydrogens is 288 g/mol. The van der Waals surface area contributed by atoms with Gasteiger partial charge in [0.15, 0.2) is 5.69 Å². The maximum Gasteiger partial charge on any atom is 0.360 e. The number of nitrogens with zero attached hydrogens (tertiary/aromatic N) is 4. The number of aromatic nitrogens is 4. The van der Waals surface area contributed by atoms with E-state index in [1.165, 1.54) is 4.88 Å². The first-order chi connectivity index (χ1) is 10.2. The molecule has 0 aliphatic carbocycles. The van der Waals surface area contributed by atoms with Crippen LogP contribution in [0, 0.1) is 6.92 Å². The molecule has 0 saturated heterocycles. The highest BCUT2D eigenvalue weighted by atomic mass is 32.1. The smallest absolute Gasteiger partial charge is 0.360 e. The summed E-state index contributed by atoms with van der Waals surface area (Å²) in [5.74, 6) is -0.388. The van der Waals surface area contributed by atoms with E-state index in [9.17, 15) is 4.79 Å². The standard InChI is InChI=1S/C14H20N4O2S/c1-4-6-11-13(14(19)20-5-2)16-17-18(11)8-7-12-10(3)15-9-21-12/h9H,4-8H2,1-3H3. The summed E-state index contributed by atoms with van der Waals surface area (Å²) in [4.78, 5) is 17.4. The molecule has 0 atom stereocenters. The molecular formula is C14H20N4O2S. The van der Waals surface area contributed by atoms with Crippen molar-refractivity contribution in [3.05, 3.63) is 27.5 Å². The molecule has 6 nitrogen and oxygen atoms in total. The lowest BCUT2D eigenvalue weighted by molar-refractivity contribution is 0.0518. The molecule has 7 heteroatoms. The lowest BCUT2D eigenvalue weighted by Gasteiger charge is -2.06. The van der Waals surface area contributed by atoms with Crippen molar-refractivity contribution in [1.29, 1.82) is 0 Å². The van der Waals surface area contributed by atoms with Crippen LogP contribution in [0.4, 0.5) is 0 Å². The average molecular weight is 308 g/mol. The first kappa shape index (κ1) is 15.6. The lowest BCUT2D eigenvalue weighted by Crippen LogP contribution is -2.12. The Morgan fingerprint density at radius 1 is 1.38 bits per heavy atom. The van der Waals surface area contributed by atoms with Gasteiger partial charge in [0.1, 0.15) is 0 Å². The molecule has 21 heavy (non-hydrogen) atoms. The van der Waals surface area contributed by atoms with E-state index in [4.69, 9.17) is 4.74 Å². The zero-order chi connectivity index (χ0) is 15.2. The Morgan fingerprint density at radius 2 is 2.19 bits per heavy atom. The van der Waals surface area contributed by atoms with Gasteiger partial charge in [-0.2, -0.15) is 0 Å². The summed E-state index contributed by atoms with van der Waals surface area (Å²) < 4.78 is 6.85. The maximum absolute atomic E-state index is 11.9. The van der Waals surface area contributed by atoms with E-state index in [1.54, 1.807) is 18.3 Å². The molecule has 2 aromatic heterocycles. The molecule has 0 fully saturated rings. The van der Waals surface area contributed by atoms with Crippen LogP contribution in [0.15, 0.2) is 5.51 Å². The third kappa shape index (κ3) is 3.66. The highest BCUT2D eigenvalue weighted by Crippen LogP contribution is 2.15. The van der Waals surface area contributed by atoms with Crippen molar-refractivity contribution in [1.82, 2.24) is 20.0 Å². The fourth-order valence-electron chi connectivity index (χ4n) is 2.13. The minimum atomic E-state index is -0.388. The topological polar surface area (TPSA) is 69.9 Å². The number of thiazole rings is 1. The van der Waals surface area contributed by atoms with Crippen molar-refractivity contribution in [3.63, 3.8) is 0 Å². The van der Waals surface area contributed by atoms with Gasteiger partial charge in [-0.1, -0.05) is 18.6 Å². The number of ether oxygens (including phenoxy) is 1. The summed E-state index contributed by atoms with van der Waals surface area (Å²) in [6, 6.07) is 0. The van der Waals surface area contributed by atoms with Crippen LogP contribution >= 0.6 is 11.3 Å². The Labute approximate surface area is 128 Å². The normalized spacial score (nSPS) is 10.8. The molecule has 2 heterocycles. The van der Waals surface area contributed by atoms with E-state index in [0.717, 1.165) is 30.7 Å². The summed E-state index contributed by atoms with van der Waals surface area (Å²) >= 11 is 1.64. The molecule has 2 aromatic rings.